The SMILES string of the molecule is Cc1cc(NCc2cccc(F)c2)nc(NN)n1. The van der Waals surface area contributed by atoms with Crippen molar-refractivity contribution in [2.24, 2.45) is 5.84 Å². The van der Waals surface area contributed by atoms with E-state index in [4.69, 9.17) is 5.84 Å². The number of anilines is 2. The maximum absolute atomic E-state index is 13.0. The van der Waals surface area contributed by atoms with Gasteiger partial charge in [0.25, 0.3) is 0 Å². The zero-order chi connectivity index (χ0) is 13.0. The first kappa shape index (κ1) is 12.3. The Bertz CT molecular complexity index is 544. The number of aryl methyl sites for hydroxylation is 1. The minimum Gasteiger partial charge on any atom is -0.366 e. The molecule has 1 heterocycles. The Morgan fingerprint density at radius 3 is 2.83 bits per heavy atom. The van der Waals surface area contributed by atoms with Crippen LogP contribution in [0.1, 0.15) is 11.3 Å². The quantitative estimate of drug-likeness (QED) is 0.567. The minimum atomic E-state index is -0.252. The van der Waals surface area contributed by atoms with E-state index in [1.54, 1.807) is 12.1 Å². The van der Waals surface area contributed by atoms with Gasteiger partial charge < -0.3 is 5.32 Å². The highest BCUT2D eigenvalue weighted by Gasteiger charge is 2.01. The molecular weight excluding hydrogens is 233 g/mol. The van der Waals surface area contributed by atoms with E-state index < -0.39 is 0 Å². The van der Waals surface area contributed by atoms with E-state index in [-0.39, 0.29) is 5.82 Å². The van der Waals surface area contributed by atoms with E-state index in [0.29, 0.717) is 18.3 Å². The van der Waals surface area contributed by atoms with Crippen LogP contribution < -0.4 is 16.6 Å². The average molecular weight is 247 g/mol. The van der Waals surface area contributed by atoms with Crippen LogP contribution in [-0.2, 0) is 6.54 Å². The van der Waals surface area contributed by atoms with Gasteiger partial charge in [0.05, 0.1) is 0 Å². The number of aromatic nitrogens is 2. The van der Waals surface area contributed by atoms with Gasteiger partial charge in [-0.3, -0.25) is 5.43 Å². The summed E-state index contributed by atoms with van der Waals surface area (Å²) in [6, 6.07) is 8.19. The van der Waals surface area contributed by atoms with Crippen LogP contribution in [0.25, 0.3) is 0 Å². The summed E-state index contributed by atoms with van der Waals surface area (Å²) in [5.41, 5.74) is 4.03. The molecule has 0 saturated heterocycles. The lowest BCUT2D eigenvalue weighted by Gasteiger charge is -2.08. The molecule has 0 aliphatic carbocycles. The van der Waals surface area contributed by atoms with Crippen LogP contribution in [0.3, 0.4) is 0 Å². The van der Waals surface area contributed by atoms with Gasteiger partial charge in [-0.15, -0.1) is 0 Å². The number of nitrogens with one attached hydrogen (secondary N) is 2. The van der Waals surface area contributed by atoms with E-state index in [0.717, 1.165) is 11.3 Å². The molecule has 0 radical (unpaired) electrons. The van der Waals surface area contributed by atoms with Crippen molar-refractivity contribution in [2.45, 2.75) is 13.5 Å². The van der Waals surface area contributed by atoms with Gasteiger partial charge >= 0.3 is 0 Å². The number of nitrogens with two attached hydrogens (primary N) is 1. The van der Waals surface area contributed by atoms with Crippen LogP contribution in [0.5, 0.6) is 0 Å². The third-order valence-corrected chi connectivity index (χ3v) is 2.35. The number of benzene rings is 1. The van der Waals surface area contributed by atoms with Gasteiger partial charge in [0.1, 0.15) is 11.6 Å². The smallest absolute Gasteiger partial charge is 0.239 e. The van der Waals surface area contributed by atoms with Crippen molar-refractivity contribution in [1.82, 2.24) is 9.97 Å². The molecule has 4 N–H and O–H groups in total. The molecular formula is C12H14FN5. The van der Waals surface area contributed by atoms with Crippen molar-refractivity contribution in [2.75, 3.05) is 10.7 Å². The van der Waals surface area contributed by atoms with Crippen LogP contribution in [0.4, 0.5) is 16.2 Å². The predicted octanol–water partition coefficient (Wildman–Crippen LogP) is 1.82. The number of nitrogens with zero attached hydrogens (tertiary/aromatic N) is 2. The third kappa shape index (κ3) is 3.14. The molecule has 1 aromatic carbocycles. The summed E-state index contributed by atoms with van der Waals surface area (Å²) in [6.45, 7) is 2.33. The largest absolute Gasteiger partial charge is 0.366 e. The number of hydrazine groups is 1. The van der Waals surface area contributed by atoms with Crippen molar-refractivity contribution < 1.29 is 4.39 Å². The lowest BCUT2D eigenvalue weighted by molar-refractivity contribution is 0.626. The fourth-order valence-corrected chi connectivity index (χ4v) is 1.56. The number of nitrogen functional groups attached to an aromatic ring is 1. The molecule has 0 spiro atoms. The van der Waals surface area contributed by atoms with Crippen LogP contribution in [0, 0.1) is 12.7 Å². The van der Waals surface area contributed by atoms with Gasteiger partial charge in [0.2, 0.25) is 5.95 Å². The monoisotopic (exact) mass is 247 g/mol. The van der Waals surface area contributed by atoms with E-state index in [1.165, 1.54) is 12.1 Å². The van der Waals surface area contributed by atoms with E-state index in [9.17, 15) is 4.39 Å². The molecule has 0 saturated carbocycles. The Balaban J connectivity index is 2.08. The lowest BCUT2D eigenvalue weighted by Crippen LogP contribution is -2.12. The van der Waals surface area contributed by atoms with Gasteiger partial charge in [0, 0.05) is 18.3 Å². The van der Waals surface area contributed by atoms with Crippen molar-refractivity contribution in [3.8, 4) is 0 Å². The number of rotatable bonds is 4. The molecule has 94 valence electrons. The maximum atomic E-state index is 13.0. The number of hydrogen-bond donors (Lipinski definition) is 3. The van der Waals surface area contributed by atoms with Crippen LogP contribution in [-0.4, -0.2) is 9.97 Å². The second-order valence-corrected chi connectivity index (χ2v) is 3.85. The molecule has 1 aromatic heterocycles. The summed E-state index contributed by atoms with van der Waals surface area (Å²) < 4.78 is 13.0. The molecule has 2 rings (SSSR count). The number of hydrogen-bond acceptors (Lipinski definition) is 5. The molecule has 18 heavy (non-hydrogen) atoms. The first-order valence-corrected chi connectivity index (χ1v) is 5.48. The summed E-state index contributed by atoms with van der Waals surface area (Å²) in [5, 5.41) is 3.09. The van der Waals surface area contributed by atoms with E-state index in [1.807, 2.05) is 13.0 Å². The summed E-state index contributed by atoms with van der Waals surface area (Å²) in [4.78, 5) is 8.21. The fourth-order valence-electron chi connectivity index (χ4n) is 1.56. The predicted molar refractivity (Wildman–Crippen MR) is 68.3 cm³/mol. The topological polar surface area (TPSA) is 75.9 Å². The Morgan fingerprint density at radius 2 is 2.11 bits per heavy atom. The average Bonchev–Trinajstić information content (AvgIpc) is 2.36. The molecule has 6 heteroatoms. The van der Waals surface area contributed by atoms with Crippen LogP contribution >= 0.6 is 0 Å². The van der Waals surface area contributed by atoms with Crippen molar-refractivity contribution in [3.63, 3.8) is 0 Å². The molecule has 0 aliphatic rings. The minimum absolute atomic E-state index is 0.252. The molecule has 0 amide bonds. The van der Waals surface area contributed by atoms with Crippen molar-refractivity contribution in [1.29, 1.82) is 0 Å². The van der Waals surface area contributed by atoms with E-state index in [2.05, 4.69) is 20.7 Å². The Kier molecular flexibility index (Phi) is 3.69. The van der Waals surface area contributed by atoms with Crippen molar-refractivity contribution >= 4 is 11.8 Å². The first-order valence-electron chi connectivity index (χ1n) is 5.48. The molecule has 0 fully saturated rings. The number of halogens is 1. The van der Waals surface area contributed by atoms with Crippen LogP contribution in [0.2, 0.25) is 0 Å². The van der Waals surface area contributed by atoms with Crippen molar-refractivity contribution in [3.05, 3.63) is 47.4 Å². The van der Waals surface area contributed by atoms with Gasteiger partial charge in [0.15, 0.2) is 0 Å². The van der Waals surface area contributed by atoms with Gasteiger partial charge in [-0.1, -0.05) is 12.1 Å². The third-order valence-electron chi connectivity index (χ3n) is 2.35. The normalized spacial score (nSPS) is 10.2. The molecule has 5 nitrogen and oxygen atoms in total. The summed E-state index contributed by atoms with van der Waals surface area (Å²) >= 11 is 0. The Labute approximate surface area is 104 Å². The second kappa shape index (κ2) is 5.42. The zero-order valence-corrected chi connectivity index (χ0v) is 9.94. The van der Waals surface area contributed by atoms with E-state index >= 15 is 0 Å². The van der Waals surface area contributed by atoms with Crippen LogP contribution in [0.15, 0.2) is 30.3 Å². The maximum Gasteiger partial charge on any atom is 0.239 e. The summed E-state index contributed by atoms with van der Waals surface area (Å²) in [6.07, 6.45) is 0. The Morgan fingerprint density at radius 1 is 1.28 bits per heavy atom. The highest BCUT2D eigenvalue weighted by atomic mass is 19.1. The highest BCUT2D eigenvalue weighted by molar-refractivity contribution is 5.42. The summed E-state index contributed by atoms with van der Waals surface area (Å²) in [5.74, 6) is 5.99. The molecule has 0 atom stereocenters. The van der Waals surface area contributed by atoms with Gasteiger partial charge in [-0.05, 0) is 24.6 Å². The zero-order valence-electron chi connectivity index (χ0n) is 9.94. The molecule has 0 aliphatic heterocycles. The first-order chi connectivity index (χ1) is 8.67. The Hall–Kier alpha value is -2.21. The molecule has 0 bridgehead atoms. The standard InChI is InChI=1S/C12H14FN5/c1-8-5-11(17-12(16-8)18-14)15-7-9-3-2-4-10(13)6-9/h2-6H,7,14H2,1H3,(H2,15,16,17,18). The molecule has 2 aromatic rings. The summed E-state index contributed by atoms with van der Waals surface area (Å²) in [7, 11) is 0. The fraction of sp³-hybridized carbons (Fsp3) is 0.167. The second-order valence-electron chi connectivity index (χ2n) is 3.85. The lowest BCUT2D eigenvalue weighted by atomic mass is 10.2. The molecule has 0 unspecified atom stereocenters. The highest BCUT2D eigenvalue weighted by Crippen LogP contribution is 2.11. The van der Waals surface area contributed by atoms with Gasteiger partial charge in [-0.25, -0.2) is 15.2 Å². The van der Waals surface area contributed by atoms with Gasteiger partial charge in [-0.2, -0.15) is 4.98 Å².